The minimum Gasteiger partial charge on any atom is -0.303 e. The third kappa shape index (κ3) is 6.67. The zero-order valence-corrected chi connectivity index (χ0v) is 11.1. The van der Waals surface area contributed by atoms with E-state index in [4.69, 9.17) is 0 Å². The van der Waals surface area contributed by atoms with Crippen LogP contribution >= 0.6 is 0 Å². The van der Waals surface area contributed by atoms with Crippen LogP contribution in [0.4, 0.5) is 0 Å². The van der Waals surface area contributed by atoms with Crippen LogP contribution in [0.15, 0.2) is 0 Å². The minimum atomic E-state index is -0.176. The van der Waals surface area contributed by atoms with Crippen LogP contribution in [0.3, 0.4) is 0 Å². The number of hydrogen-bond acceptors (Lipinski definition) is 2. The molecule has 0 atom stereocenters. The summed E-state index contributed by atoms with van der Waals surface area (Å²) in [5.41, 5.74) is -0.176. The van der Waals surface area contributed by atoms with Gasteiger partial charge in [0.15, 0.2) is 0 Å². The molecule has 0 aliphatic heterocycles. The van der Waals surface area contributed by atoms with Gasteiger partial charge in [-0.1, -0.05) is 34.6 Å². The number of ketones is 1. The Balaban J connectivity index is 3.93. The Morgan fingerprint density at radius 2 is 1.47 bits per heavy atom. The van der Waals surface area contributed by atoms with E-state index in [1.165, 1.54) is 12.8 Å². The summed E-state index contributed by atoms with van der Waals surface area (Å²) >= 11 is 0. The van der Waals surface area contributed by atoms with Crippen LogP contribution in [0.2, 0.25) is 0 Å². The summed E-state index contributed by atoms with van der Waals surface area (Å²) in [7, 11) is 0. The van der Waals surface area contributed by atoms with Crippen molar-refractivity contribution in [2.24, 2.45) is 5.41 Å². The highest BCUT2D eigenvalue weighted by Crippen LogP contribution is 2.16. The van der Waals surface area contributed by atoms with Gasteiger partial charge in [-0.3, -0.25) is 4.79 Å². The van der Waals surface area contributed by atoms with E-state index in [0.717, 1.165) is 19.6 Å². The van der Waals surface area contributed by atoms with Crippen molar-refractivity contribution in [2.75, 3.05) is 19.6 Å². The molecule has 0 saturated carbocycles. The Bertz CT molecular complexity index is 175. The van der Waals surface area contributed by atoms with Gasteiger partial charge in [-0.15, -0.1) is 0 Å². The van der Waals surface area contributed by atoms with E-state index in [-0.39, 0.29) is 5.41 Å². The van der Waals surface area contributed by atoms with Crippen LogP contribution in [-0.2, 0) is 4.79 Å². The Labute approximate surface area is 95.0 Å². The van der Waals surface area contributed by atoms with Crippen molar-refractivity contribution in [3.8, 4) is 0 Å². The summed E-state index contributed by atoms with van der Waals surface area (Å²) in [4.78, 5) is 14.1. The molecule has 0 saturated heterocycles. The molecule has 0 amide bonds. The van der Waals surface area contributed by atoms with Gasteiger partial charge in [0.2, 0.25) is 0 Å². The summed E-state index contributed by atoms with van der Waals surface area (Å²) in [6.07, 6.45) is 3.04. The SMILES string of the molecule is CCCN(CCC)CCC(=O)C(C)(C)C. The van der Waals surface area contributed by atoms with Crippen molar-refractivity contribution < 1.29 is 4.79 Å². The summed E-state index contributed by atoms with van der Waals surface area (Å²) in [6, 6.07) is 0. The van der Waals surface area contributed by atoms with Crippen LogP contribution in [0.1, 0.15) is 53.9 Å². The van der Waals surface area contributed by atoms with Crippen LogP contribution in [0.5, 0.6) is 0 Å². The third-order valence-corrected chi connectivity index (χ3v) is 2.57. The lowest BCUT2D eigenvalue weighted by Gasteiger charge is -2.23. The fourth-order valence-corrected chi connectivity index (χ4v) is 1.60. The molecule has 0 bridgehead atoms. The normalized spacial score (nSPS) is 12.1. The summed E-state index contributed by atoms with van der Waals surface area (Å²) < 4.78 is 0. The summed E-state index contributed by atoms with van der Waals surface area (Å²) in [5.74, 6) is 0.375. The topological polar surface area (TPSA) is 20.3 Å². The van der Waals surface area contributed by atoms with Gasteiger partial charge in [0.1, 0.15) is 5.78 Å². The Kier molecular flexibility index (Phi) is 6.82. The first-order valence-electron chi connectivity index (χ1n) is 6.17. The lowest BCUT2D eigenvalue weighted by atomic mass is 9.89. The maximum Gasteiger partial charge on any atom is 0.139 e. The summed E-state index contributed by atoms with van der Waals surface area (Å²) in [6.45, 7) is 13.5. The van der Waals surface area contributed by atoms with Crippen LogP contribution in [0.25, 0.3) is 0 Å². The highest BCUT2D eigenvalue weighted by molar-refractivity contribution is 5.83. The molecule has 0 unspecified atom stereocenters. The van der Waals surface area contributed by atoms with E-state index in [1.807, 2.05) is 20.8 Å². The number of carbonyl (C=O) groups is 1. The zero-order valence-electron chi connectivity index (χ0n) is 11.1. The molecule has 0 rings (SSSR count). The predicted octanol–water partition coefficient (Wildman–Crippen LogP) is 3.11. The van der Waals surface area contributed by atoms with Crippen molar-refractivity contribution in [1.29, 1.82) is 0 Å². The van der Waals surface area contributed by atoms with Crippen molar-refractivity contribution >= 4 is 5.78 Å². The molecule has 0 fully saturated rings. The second-order valence-corrected chi connectivity index (χ2v) is 5.26. The van der Waals surface area contributed by atoms with Crippen molar-refractivity contribution in [1.82, 2.24) is 4.90 Å². The van der Waals surface area contributed by atoms with Gasteiger partial charge in [-0.25, -0.2) is 0 Å². The fourth-order valence-electron chi connectivity index (χ4n) is 1.60. The number of Topliss-reactive ketones (excluding diaryl/α,β-unsaturated/α-hetero) is 1. The lowest BCUT2D eigenvalue weighted by Crippen LogP contribution is -2.31. The Hall–Kier alpha value is -0.370. The first-order valence-corrected chi connectivity index (χ1v) is 6.17. The maximum absolute atomic E-state index is 11.8. The van der Waals surface area contributed by atoms with E-state index < -0.39 is 0 Å². The van der Waals surface area contributed by atoms with Crippen LogP contribution < -0.4 is 0 Å². The van der Waals surface area contributed by atoms with Gasteiger partial charge in [0.25, 0.3) is 0 Å². The van der Waals surface area contributed by atoms with Gasteiger partial charge in [0.05, 0.1) is 0 Å². The highest BCUT2D eigenvalue weighted by Gasteiger charge is 2.21. The molecule has 0 heterocycles. The highest BCUT2D eigenvalue weighted by atomic mass is 16.1. The number of rotatable bonds is 7. The van der Waals surface area contributed by atoms with Crippen LogP contribution in [0, 0.1) is 5.41 Å². The predicted molar refractivity (Wildman–Crippen MR) is 66.1 cm³/mol. The Morgan fingerprint density at radius 3 is 1.80 bits per heavy atom. The molecule has 0 aliphatic carbocycles. The standard InChI is InChI=1S/C13H27NO/c1-6-9-14(10-7-2)11-8-12(15)13(3,4)5/h6-11H2,1-5H3. The number of nitrogens with zero attached hydrogens (tertiary/aromatic N) is 1. The molecule has 0 aromatic carbocycles. The van der Waals surface area contributed by atoms with Crippen molar-refractivity contribution in [2.45, 2.75) is 53.9 Å². The lowest BCUT2D eigenvalue weighted by molar-refractivity contribution is -0.126. The van der Waals surface area contributed by atoms with E-state index in [2.05, 4.69) is 18.7 Å². The molecule has 0 aromatic rings. The quantitative estimate of drug-likeness (QED) is 0.647. The number of carbonyl (C=O) groups excluding carboxylic acids is 1. The first-order chi connectivity index (χ1) is 6.91. The molecule has 90 valence electrons. The summed E-state index contributed by atoms with van der Waals surface area (Å²) in [5, 5.41) is 0. The first kappa shape index (κ1) is 14.6. The van der Waals surface area contributed by atoms with Gasteiger partial charge in [-0.2, -0.15) is 0 Å². The molecule has 0 radical (unpaired) electrons. The average molecular weight is 213 g/mol. The molecular formula is C13H27NO. The molecule has 15 heavy (non-hydrogen) atoms. The zero-order chi connectivity index (χ0) is 11.9. The molecular weight excluding hydrogens is 186 g/mol. The van der Waals surface area contributed by atoms with E-state index in [1.54, 1.807) is 0 Å². The van der Waals surface area contributed by atoms with Gasteiger partial charge < -0.3 is 4.90 Å². The second-order valence-electron chi connectivity index (χ2n) is 5.26. The fraction of sp³-hybridized carbons (Fsp3) is 0.923. The largest absolute Gasteiger partial charge is 0.303 e. The minimum absolute atomic E-state index is 0.176. The molecule has 0 aromatic heterocycles. The Morgan fingerprint density at radius 1 is 1.00 bits per heavy atom. The monoisotopic (exact) mass is 213 g/mol. The van der Waals surface area contributed by atoms with Gasteiger partial charge in [0, 0.05) is 18.4 Å². The van der Waals surface area contributed by atoms with Crippen molar-refractivity contribution in [3.63, 3.8) is 0 Å². The number of hydrogen-bond donors (Lipinski definition) is 0. The maximum atomic E-state index is 11.8. The third-order valence-electron chi connectivity index (χ3n) is 2.57. The molecule has 2 nitrogen and oxygen atoms in total. The van der Waals surface area contributed by atoms with Gasteiger partial charge in [-0.05, 0) is 25.9 Å². The second kappa shape index (κ2) is 7.00. The van der Waals surface area contributed by atoms with Gasteiger partial charge >= 0.3 is 0 Å². The van der Waals surface area contributed by atoms with Crippen molar-refractivity contribution in [3.05, 3.63) is 0 Å². The average Bonchev–Trinajstić information content (AvgIpc) is 2.12. The van der Waals surface area contributed by atoms with E-state index in [9.17, 15) is 4.79 Å². The molecule has 0 aliphatic rings. The van der Waals surface area contributed by atoms with E-state index in [0.29, 0.717) is 12.2 Å². The van der Waals surface area contributed by atoms with Crippen LogP contribution in [-0.4, -0.2) is 30.3 Å². The molecule has 0 N–H and O–H groups in total. The smallest absolute Gasteiger partial charge is 0.139 e. The molecule has 0 spiro atoms. The molecule has 2 heteroatoms. The van der Waals surface area contributed by atoms with E-state index >= 15 is 0 Å².